The number of fused-ring (bicyclic) bond motifs is 2. The van der Waals surface area contributed by atoms with Crippen LogP contribution in [0.25, 0.3) is 0 Å². The predicted octanol–water partition coefficient (Wildman–Crippen LogP) is 2.82. The molecule has 0 radical (unpaired) electrons. The largest absolute Gasteiger partial charge is 0.347 e. The first-order valence-corrected chi connectivity index (χ1v) is 20.2. The van der Waals surface area contributed by atoms with Crippen molar-refractivity contribution in [1.29, 1.82) is 0 Å². The Kier molecular flexibility index (Phi) is 11.6. The smallest absolute Gasteiger partial charge is 0.323 e. The van der Waals surface area contributed by atoms with Gasteiger partial charge in [0.2, 0.25) is 23.5 Å². The van der Waals surface area contributed by atoms with Crippen LogP contribution in [0.5, 0.6) is 0 Å². The molecule has 14 heteroatoms. The highest BCUT2D eigenvalue weighted by atomic mass is 16.2. The zero-order valence-electron chi connectivity index (χ0n) is 33.2. The number of amides is 8. The summed E-state index contributed by atoms with van der Waals surface area (Å²) in [6, 6.07) is 2.79. The molecule has 14 nitrogen and oxygen atoms in total. The molecular weight excluding hydrogens is 702 g/mol. The van der Waals surface area contributed by atoms with E-state index >= 15 is 0 Å². The second kappa shape index (κ2) is 15.9. The van der Waals surface area contributed by atoms with Crippen molar-refractivity contribution in [3.05, 3.63) is 35.4 Å². The SMILES string of the molecule is CCCC(NC(=O)[C@@H]1[C@@H]2[C@H](CN1C(=O)[C@@H](NC(=O)NC(=O)N[C@H](CN1CCCCC1=O)C(C)(C)C)C1Cc3ccccc3C1)C2(C)C)C(=O)C(=O)NC1CC1. The summed E-state index contributed by atoms with van der Waals surface area (Å²) >= 11 is 0. The molecule has 1 unspecified atom stereocenters. The molecule has 3 aliphatic carbocycles. The molecular formula is C41H59N7O7. The monoisotopic (exact) mass is 761 g/mol. The number of likely N-dealkylation sites (tertiary alicyclic amines) is 2. The molecule has 2 aliphatic heterocycles. The Bertz CT molecular complexity index is 1680. The number of carbonyl (C=O) groups excluding carboxylic acids is 7. The lowest BCUT2D eigenvalue weighted by molar-refractivity contribution is -0.144. The fraction of sp³-hybridized carbons (Fsp3) is 0.683. The van der Waals surface area contributed by atoms with E-state index in [1.54, 1.807) is 4.90 Å². The van der Waals surface area contributed by atoms with Gasteiger partial charge in [0, 0.05) is 32.1 Å². The van der Waals surface area contributed by atoms with Crippen LogP contribution in [0, 0.1) is 28.6 Å². The molecule has 1 aromatic rings. The van der Waals surface area contributed by atoms with Crippen LogP contribution in [0.4, 0.5) is 9.59 Å². The minimum Gasteiger partial charge on any atom is -0.347 e. The Morgan fingerprint density at radius 3 is 2.18 bits per heavy atom. The van der Waals surface area contributed by atoms with E-state index in [9.17, 15) is 33.6 Å². The third-order valence-corrected chi connectivity index (χ3v) is 12.6. The van der Waals surface area contributed by atoms with Gasteiger partial charge in [0.1, 0.15) is 12.1 Å². The number of imide groups is 1. The summed E-state index contributed by atoms with van der Waals surface area (Å²) in [5.74, 6) is -2.77. The fourth-order valence-corrected chi connectivity index (χ4v) is 8.94. The van der Waals surface area contributed by atoms with Gasteiger partial charge in [0.05, 0.1) is 12.1 Å². The molecule has 1 aromatic carbocycles. The van der Waals surface area contributed by atoms with E-state index < -0.39 is 65.1 Å². The third-order valence-electron chi connectivity index (χ3n) is 12.6. The van der Waals surface area contributed by atoms with Gasteiger partial charge in [0.25, 0.3) is 5.91 Å². The van der Waals surface area contributed by atoms with Crippen LogP contribution in [0.3, 0.4) is 0 Å². The number of carbonyl (C=O) groups is 7. The predicted molar refractivity (Wildman–Crippen MR) is 204 cm³/mol. The lowest BCUT2D eigenvalue weighted by atomic mass is 9.86. The van der Waals surface area contributed by atoms with Crippen molar-refractivity contribution in [1.82, 2.24) is 36.4 Å². The minimum absolute atomic E-state index is 0.00928. The first-order valence-electron chi connectivity index (χ1n) is 20.2. The molecule has 2 heterocycles. The maximum atomic E-state index is 14.8. The average Bonchev–Trinajstić information content (AvgIpc) is 3.87. The minimum atomic E-state index is -1.07. The highest BCUT2D eigenvalue weighted by molar-refractivity contribution is 6.38. The van der Waals surface area contributed by atoms with Gasteiger partial charge in [-0.15, -0.1) is 0 Å². The Labute approximate surface area is 324 Å². The molecule has 0 aromatic heterocycles. The summed E-state index contributed by atoms with van der Waals surface area (Å²) < 4.78 is 0. The van der Waals surface area contributed by atoms with Gasteiger partial charge in [-0.2, -0.15) is 0 Å². The number of hydrogen-bond donors (Lipinski definition) is 5. The van der Waals surface area contributed by atoms with Crippen molar-refractivity contribution in [2.24, 2.45) is 28.6 Å². The highest BCUT2D eigenvalue weighted by Gasteiger charge is 2.70. The highest BCUT2D eigenvalue weighted by Crippen LogP contribution is 2.65. The van der Waals surface area contributed by atoms with Crippen LogP contribution in [0.2, 0.25) is 0 Å². The number of nitrogens with zero attached hydrogens (tertiary/aromatic N) is 2. The second-order valence-corrected chi connectivity index (χ2v) is 18.1. The van der Waals surface area contributed by atoms with Crippen LogP contribution >= 0.6 is 0 Å². The van der Waals surface area contributed by atoms with Crippen molar-refractivity contribution in [2.45, 2.75) is 130 Å². The topological polar surface area (TPSA) is 186 Å². The maximum Gasteiger partial charge on any atom is 0.323 e. The quantitative estimate of drug-likeness (QED) is 0.191. The van der Waals surface area contributed by atoms with E-state index in [0.717, 1.165) is 36.8 Å². The normalized spacial score (nSPS) is 24.5. The molecule has 2 saturated carbocycles. The van der Waals surface area contributed by atoms with Crippen LogP contribution < -0.4 is 26.6 Å². The standard InChI is InChI=1S/C41H59N7O7/c1-7-12-28(34(50)36(52)42-26-16-17-26)43-35(51)33-31-27(41(31,5)6)21-48(33)37(53)32(25-19-23-13-8-9-14-24(23)20-25)45-39(55)46-38(54)44-29(40(2,3)4)22-47-18-11-10-15-30(47)49/h8-9,13-14,25-29,31-33H,7,10-12,15-22H2,1-6H3,(H,42,52)(H,43,51)(H3,44,45,46,54,55)/t27-,28?,29+,31-,32-,33-/m0/s1. The lowest BCUT2D eigenvalue weighted by Crippen LogP contribution is -2.61. The lowest BCUT2D eigenvalue weighted by Gasteiger charge is -2.37. The van der Waals surface area contributed by atoms with Crippen LogP contribution in [-0.4, -0.2) is 101 Å². The van der Waals surface area contributed by atoms with Crippen molar-refractivity contribution in [3.8, 4) is 0 Å². The van der Waals surface area contributed by atoms with Crippen molar-refractivity contribution in [3.63, 3.8) is 0 Å². The molecule has 0 bridgehead atoms. The zero-order valence-corrected chi connectivity index (χ0v) is 33.2. The number of urea groups is 2. The molecule has 4 fully saturated rings. The number of benzene rings is 1. The van der Waals surface area contributed by atoms with Crippen LogP contribution in [-0.2, 0) is 36.8 Å². The fourth-order valence-electron chi connectivity index (χ4n) is 8.94. The first kappa shape index (κ1) is 40.2. The van der Waals surface area contributed by atoms with Crippen molar-refractivity contribution < 1.29 is 33.6 Å². The second-order valence-electron chi connectivity index (χ2n) is 18.1. The summed E-state index contributed by atoms with van der Waals surface area (Å²) in [6.07, 6.45) is 5.72. The number of rotatable bonds is 13. The van der Waals surface area contributed by atoms with E-state index in [1.165, 1.54) is 4.90 Å². The molecule has 6 atom stereocenters. The maximum absolute atomic E-state index is 14.8. The Balaban J connectivity index is 1.18. The number of ketones is 1. The Morgan fingerprint density at radius 1 is 0.927 bits per heavy atom. The van der Waals surface area contributed by atoms with Crippen LogP contribution in [0.15, 0.2) is 24.3 Å². The van der Waals surface area contributed by atoms with Gasteiger partial charge in [-0.05, 0) is 84.7 Å². The molecule has 55 heavy (non-hydrogen) atoms. The van der Waals surface area contributed by atoms with Gasteiger partial charge in [-0.3, -0.25) is 29.3 Å². The van der Waals surface area contributed by atoms with Gasteiger partial charge in [0.15, 0.2) is 0 Å². The molecule has 5 aliphatic rings. The zero-order chi connectivity index (χ0) is 39.8. The molecule has 6 rings (SSSR count). The van der Waals surface area contributed by atoms with E-state index in [4.69, 9.17) is 0 Å². The first-order chi connectivity index (χ1) is 26.0. The molecule has 300 valence electrons. The summed E-state index contributed by atoms with van der Waals surface area (Å²) in [6.45, 7) is 13.1. The van der Waals surface area contributed by atoms with E-state index in [-0.39, 0.29) is 41.5 Å². The number of piperidine rings is 2. The summed E-state index contributed by atoms with van der Waals surface area (Å²) in [5.41, 5.74) is 1.48. The average molecular weight is 762 g/mol. The number of nitrogens with one attached hydrogen (secondary N) is 5. The molecule has 8 amide bonds. The van der Waals surface area contributed by atoms with Gasteiger partial charge in [-0.25, -0.2) is 9.59 Å². The van der Waals surface area contributed by atoms with E-state index in [1.807, 2.05) is 52.0 Å². The number of hydrogen-bond acceptors (Lipinski definition) is 7. The van der Waals surface area contributed by atoms with Gasteiger partial charge < -0.3 is 31.1 Å². The Morgan fingerprint density at radius 2 is 1.58 bits per heavy atom. The number of Topliss-reactive ketones (excluding diaryl/α,β-unsaturated/α-hetero) is 1. The van der Waals surface area contributed by atoms with E-state index in [0.29, 0.717) is 45.3 Å². The Hall–Kier alpha value is -4.49. The van der Waals surface area contributed by atoms with Crippen LogP contribution in [0.1, 0.15) is 97.6 Å². The third kappa shape index (κ3) is 8.99. The van der Waals surface area contributed by atoms with Gasteiger partial charge >= 0.3 is 12.1 Å². The van der Waals surface area contributed by atoms with E-state index in [2.05, 4.69) is 40.4 Å². The molecule has 5 N–H and O–H groups in total. The van der Waals surface area contributed by atoms with Crippen molar-refractivity contribution in [2.75, 3.05) is 19.6 Å². The summed E-state index contributed by atoms with van der Waals surface area (Å²) in [4.78, 5) is 97.7. The summed E-state index contributed by atoms with van der Waals surface area (Å²) in [7, 11) is 0. The summed E-state index contributed by atoms with van der Waals surface area (Å²) in [5, 5.41) is 13.6. The molecule has 0 spiro atoms. The molecule has 2 saturated heterocycles. The van der Waals surface area contributed by atoms with Crippen molar-refractivity contribution >= 4 is 41.5 Å². The van der Waals surface area contributed by atoms with Gasteiger partial charge in [-0.1, -0.05) is 72.2 Å².